The monoisotopic (exact) mass is 360 g/mol. The van der Waals surface area contributed by atoms with Gasteiger partial charge in [0.05, 0.1) is 0 Å². The molecular weight excluding hydrogens is 320 g/mol. The van der Waals surface area contributed by atoms with E-state index in [0.717, 1.165) is 31.9 Å². The van der Waals surface area contributed by atoms with Gasteiger partial charge >= 0.3 is 0 Å². The van der Waals surface area contributed by atoms with Crippen LogP contribution in [0, 0.1) is 11.8 Å². The smallest absolute Gasteiger partial charge is 0.139 e. The van der Waals surface area contributed by atoms with Crippen LogP contribution in [0.25, 0.3) is 0 Å². The van der Waals surface area contributed by atoms with Gasteiger partial charge in [-0.3, -0.25) is 0 Å². The van der Waals surface area contributed by atoms with Crippen LogP contribution < -0.4 is 10.6 Å². The first-order valence-electron chi connectivity index (χ1n) is 10.3. The molecule has 4 nitrogen and oxygen atoms in total. The van der Waals surface area contributed by atoms with Crippen molar-refractivity contribution in [2.45, 2.75) is 67.9 Å². The average molecular weight is 361 g/mol. The minimum atomic E-state index is 0.494. The average Bonchev–Trinajstić information content (AvgIpc) is 3.06. The molecule has 0 aliphatic carbocycles. The van der Waals surface area contributed by atoms with Crippen LogP contribution >= 0.6 is 0 Å². The number of hydrogen-bond acceptors (Lipinski definition) is 4. The Balaban J connectivity index is 0.00000163. The number of amidine groups is 1. The maximum Gasteiger partial charge on any atom is 0.139 e. The van der Waals surface area contributed by atoms with E-state index >= 15 is 0 Å². The van der Waals surface area contributed by atoms with Crippen molar-refractivity contribution in [2.75, 3.05) is 19.6 Å². The fraction of sp³-hybridized carbons (Fsp3) is 0.682. The standard InChI is InChI=1S/C20H34N4.C2H6/c1-7-8-9-22-20-19(18(12-23-20)16(5)14(2)3)17(6)24-11-10-21-15(4)13-24;1-2/h8-9,12,14-16,21H,7,10-11,13H2,1-6H3,(H,22,23);1-2H3/b9-8+,19-17+;. The summed E-state index contributed by atoms with van der Waals surface area (Å²) in [5.74, 6) is 2.08. The molecule has 0 amide bonds. The van der Waals surface area contributed by atoms with Crippen molar-refractivity contribution in [3.63, 3.8) is 0 Å². The third kappa shape index (κ3) is 5.73. The third-order valence-electron chi connectivity index (χ3n) is 5.13. The lowest BCUT2D eigenvalue weighted by Crippen LogP contribution is -2.48. The minimum Gasteiger partial charge on any atom is -0.372 e. The first-order valence-corrected chi connectivity index (χ1v) is 10.3. The number of allylic oxidation sites excluding steroid dienone is 2. The van der Waals surface area contributed by atoms with Crippen molar-refractivity contribution < 1.29 is 0 Å². The van der Waals surface area contributed by atoms with E-state index < -0.39 is 0 Å². The lowest BCUT2D eigenvalue weighted by Gasteiger charge is -2.36. The SMILES string of the molecule is CC.CC/C=C/NC1=NC=C(C(C)C(C)C)/C1=C(/C)N1CCNC(C)C1. The summed E-state index contributed by atoms with van der Waals surface area (Å²) in [4.78, 5) is 7.20. The van der Waals surface area contributed by atoms with Crippen molar-refractivity contribution in [1.82, 2.24) is 15.5 Å². The molecule has 0 aromatic heterocycles. The second-order valence-corrected chi connectivity index (χ2v) is 7.31. The van der Waals surface area contributed by atoms with Crippen molar-refractivity contribution in [3.8, 4) is 0 Å². The van der Waals surface area contributed by atoms with Crippen LogP contribution in [0.4, 0.5) is 0 Å². The number of piperazine rings is 1. The van der Waals surface area contributed by atoms with Gasteiger partial charge in [-0.25, -0.2) is 4.99 Å². The molecule has 2 unspecified atom stereocenters. The number of nitrogens with one attached hydrogen (secondary N) is 2. The Morgan fingerprint density at radius 3 is 2.65 bits per heavy atom. The molecule has 2 heterocycles. The van der Waals surface area contributed by atoms with E-state index in [9.17, 15) is 0 Å². The van der Waals surface area contributed by atoms with Crippen molar-refractivity contribution in [3.05, 3.63) is 35.3 Å². The van der Waals surface area contributed by atoms with Crippen molar-refractivity contribution >= 4 is 5.84 Å². The zero-order chi connectivity index (χ0) is 19.7. The Kier molecular flexibility index (Phi) is 9.71. The summed E-state index contributed by atoms with van der Waals surface area (Å²) in [5, 5.41) is 6.93. The molecule has 0 aromatic rings. The Bertz CT molecular complexity index is 554. The van der Waals surface area contributed by atoms with Gasteiger partial charge in [-0.15, -0.1) is 0 Å². The Labute approximate surface area is 161 Å². The summed E-state index contributed by atoms with van der Waals surface area (Å²) < 4.78 is 0. The maximum absolute atomic E-state index is 4.70. The van der Waals surface area contributed by atoms with Gasteiger partial charge in [-0.05, 0) is 43.9 Å². The molecule has 2 rings (SSSR count). The molecule has 0 bridgehead atoms. The second-order valence-electron chi connectivity index (χ2n) is 7.31. The van der Waals surface area contributed by atoms with Crippen LogP contribution in [0.15, 0.2) is 40.3 Å². The molecule has 2 N–H and O–H groups in total. The van der Waals surface area contributed by atoms with E-state index in [2.05, 4.69) is 69.4 Å². The van der Waals surface area contributed by atoms with Crippen LogP contribution in [0.1, 0.15) is 61.8 Å². The lowest BCUT2D eigenvalue weighted by molar-refractivity contribution is 0.255. The molecule has 2 aliphatic heterocycles. The fourth-order valence-electron chi connectivity index (χ4n) is 3.24. The first-order chi connectivity index (χ1) is 12.5. The number of nitrogens with zero attached hydrogens (tertiary/aromatic N) is 2. The van der Waals surface area contributed by atoms with Crippen LogP contribution in [0.2, 0.25) is 0 Å². The highest BCUT2D eigenvalue weighted by Crippen LogP contribution is 2.33. The predicted molar refractivity (Wildman–Crippen MR) is 115 cm³/mol. The summed E-state index contributed by atoms with van der Waals surface area (Å²) in [7, 11) is 0. The number of hydrogen-bond donors (Lipinski definition) is 2. The highest BCUT2D eigenvalue weighted by molar-refractivity contribution is 6.05. The van der Waals surface area contributed by atoms with Crippen molar-refractivity contribution in [1.29, 1.82) is 0 Å². The first kappa shape index (κ1) is 22.5. The predicted octanol–water partition coefficient (Wildman–Crippen LogP) is 4.68. The van der Waals surface area contributed by atoms with Gasteiger partial charge in [-0.1, -0.05) is 47.6 Å². The molecule has 2 aliphatic rings. The number of aliphatic imine (C=N–C) groups is 1. The summed E-state index contributed by atoms with van der Waals surface area (Å²) in [6.07, 6.45) is 7.24. The molecule has 4 heteroatoms. The van der Waals surface area contributed by atoms with E-state index in [1.165, 1.54) is 16.8 Å². The minimum absolute atomic E-state index is 0.494. The normalized spacial score (nSPS) is 23.4. The van der Waals surface area contributed by atoms with E-state index in [1.807, 2.05) is 20.0 Å². The fourth-order valence-corrected chi connectivity index (χ4v) is 3.24. The summed E-state index contributed by atoms with van der Waals surface area (Å²) in [6.45, 7) is 20.7. The molecule has 0 radical (unpaired) electrons. The zero-order valence-electron chi connectivity index (χ0n) is 18.2. The van der Waals surface area contributed by atoms with Gasteiger partial charge in [0.2, 0.25) is 0 Å². The molecule has 0 aromatic carbocycles. The topological polar surface area (TPSA) is 39.7 Å². The quantitative estimate of drug-likeness (QED) is 0.748. The molecule has 26 heavy (non-hydrogen) atoms. The Morgan fingerprint density at radius 2 is 2.08 bits per heavy atom. The van der Waals surface area contributed by atoms with Crippen LogP contribution in [0.5, 0.6) is 0 Å². The van der Waals surface area contributed by atoms with E-state index in [0.29, 0.717) is 17.9 Å². The summed E-state index contributed by atoms with van der Waals surface area (Å²) >= 11 is 0. The second kappa shape index (κ2) is 11.2. The van der Waals surface area contributed by atoms with Gasteiger partial charge < -0.3 is 15.5 Å². The largest absolute Gasteiger partial charge is 0.372 e. The Morgan fingerprint density at radius 1 is 1.38 bits per heavy atom. The van der Waals surface area contributed by atoms with E-state index in [1.54, 1.807) is 0 Å². The van der Waals surface area contributed by atoms with Gasteiger partial charge in [0.15, 0.2) is 0 Å². The Hall–Kier alpha value is -1.55. The van der Waals surface area contributed by atoms with Crippen LogP contribution in [-0.4, -0.2) is 36.4 Å². The van der Waals surface area contributed by atoms with E-state index in [-0.39, 0.29) is 0 Å². The molecule has 1 fully saturated rings. The summed E-state index contributed by atoms with van der Waals surface area (Å²) in [5.41, 5.74) is 4.00. The molecule has 1 saturated heterocycles. The highest BCUT2D eigenvalue weighted by Gasteiger charge is 2.28. The molecular formula is C22H40N4. The lowest BCUT2D eigenvalue weighted by atomic mass is 9.85. The maximum atomic E-state index is 4.70. The molecule has 0 saturated carbocycles. The van der Waals surface area contributed by atoms with Gasteiger partial charge in [0.1, 0.15) is 5.84 Å². The third-order valence-corrected chi connectivity index (χ3v) is 5.13. The zero-order valence-corrected chi connectivity index (χ0v) is 18.2. The van der Waals surface area contributed by atoms with Gasteiger partial charge in [0, 0.05) is 43.1 Å². The van der Waals surface area contributed by atoms with Crippen LogP contribution in [0.3, 0.4) is 0 Å². The summed E-state index contributed by atoms with van der Waals surface area (Å²) in [6, 6.07) is 0.527. The van der Waals surface area contributed by atoms with Gasteiger partial charge in [-0.2, -0.15) is 0 Å². The molecule has 0 spiro atoms. The van der Waals surface area contributed by atoms with Crippen LogP contribution in [-0.2, 0) is 0 Å². The van der Waals surface area contributed by atoms with Gasteiger partial charge in [0.25, 0.3) is 0 Å². The molecule has 148 valence electrons. The van der Waals surface area contributed by atoms with E-state index in [4.69, 9.17) is 4.99 Å². The highest BCUT2D eigenvalue weighted by atomic mass is 15.2. The molecule has 2 atom stereocenters. The number of rotatable bonds is 5. The van der Waals surface area contributed by atoms with Crippen molar-refractivity contribution in [2.24, 2.45) is 16.8 Å².